The molecule has 0 atom stereocenters. The highest BCUT2D eigenvalue weighted by atomic mass is 79.9. The van der Waals surface area contributed by atoms with Crippen LogP contribution >= 0.6 is 27.7 Å². The van der Waals surface area contributed by atoms with E-state index in [1.54, 1.807) is 0 Å². The van der Waals surface area contributed by atoms with Gasteiger partial charge in [0, 0.05) is 15.9 Å². The van der Waals surface area contributed by atoms with E-state index in [0.717, 1.165) is 33.4 Å². The topological polar surface area (TPSA) is 59.8 Å². The van der Waals surface area contributed by atoms with Crippen molar-refractivity contribution in [2.45, 2.75) is 30.6 Å². The summed E-state index contributed by atoms with van der Waals surface area (Å²) in [4.78, 5) is 12.7. The summed E-state index contributed by atoms with van der Waals surface area (Å²) in [6, 6.07) is 20.3. The Morgan fingerprint density at radius 1 is 1.03 bits per heavy atom. The zero-order chi connectivity index (χ0) is 25.0. The Morgan fingerprint density at radius 3 is 2.49 bits per heavy atom. The number of hydrogen-bond acceptors (Lipinski definition) is 4. The number of rotatable bonds is 7. The van der Waals surface area contributed by atoms with E-state index in [2.05, 4.69) is 31.4 Å². The molecule has 3 aromatic carbocycles. The van der Waals surface area contributed by atoms with Crippen LogP contribution in [0.2, 0.25) is 0 Å². The average Bonchev–Trinajstić information content (AvgIpc) is 3.24. The molecule has 0 fully saturated rings. The van der Waals surface area contributed by atoms with Crippen molar-refractivity contribution >= 4 is 33.6 Å². The molecule has 0 unspecified atom stereocenters. The lowest BCUT2D eigenvalue weighted by molar-refractivity contribution is -0.137. The Morgan fingerprint density at radius 2 is 1.77 bits per heavy atom. The quantitative estimate of drug-likeness (QED) is 0.259. The van der Waals surface area contributed by atoms with Crippen LogP contribution < -0.4 is 5.32 Å². The highest BCUT2D eigenvalue weighted by Crippen LogP contribution is 2.32. The largest absolute Gasteiger partial charge is 0.417 e. The number of hydrogen-bond donors (Lipinski definition) is 1. The van der Waals surface area contributed by atoms with Gasteiger partial charge in [0.1, 0.15) is 0 Å². The van der Waals surface area contributed by atoms with Crippen LogP contribution in [0.25, 0.3) is 5.69 Å². The lowest BCUT2D eigenvalue weighted by Crippen LogP contribution is -2.27. The fraction of sp³-hybridized carbons (Fsp3) is 0.160. The second-order valence-electron chi connectivity index (χ2n) is 7.71. The van der Waals surface area contributed by atoms with Gasteiger partial charge in [0.25, 0.3) is 5.91 Å². The minimum atomic E-state index is -4.63. The predicted octanol–water partition coefficient (Wildman–Crippen LogP) is 6.58. The third-order valence-electron chi connectivity index (χ3n) is 5.13. The Bertz CT molecular complexity index is 1340. The summed E-state index contributed by atoms with van der Waals surface area (Å²) in [6.07, 6.45) is -4.63. The normalized spacial score (nSPS) is 11.5. The number of nitrogens with one attached hydrogen (secondary N) is 1. The number of halogens is 4. The zero-order valence-electron chi connectivity index (χ0n) is 18.5. The van der Waals surface area contributed by atoms with Crippen LogP contribution in [-0.2, 0) is 18.5 Å². The van der Waals surface area contributed by atoms with Crippen molar-refractivity contribution in [3.63, 3.8) is 0 Å². The molecule has 1 amide bonds. The molecular weight excluding hydrogens is 541 g/mol. The molecule has 0 saturated heterocycles. The maximum absolute atomic E-state index is 13.3. The standard InChI is InChI=1S/C25H20BrF3N4OS/c1-16-5-4-6-19(13-16)33-22(31-32-24(33)35-15-17-9-11-18(26)12-10-17)14-30-23(34)20-7-2-3-8-21(20)25(27,28)29/h2-13H,14-15H2,1H3,(H,30,34). The average molecular weight is 561 g/mol. The third-order valence-corrected chi connectivity index (χ3v) is 6.65. The van der Waals surface area contributed by atoms with Crippen molar-refractivity contribution in [3.8, 4) is 5.69 Å². The van der Waals surface area contributed by atoms with Crippen LogP contribution in [0.3, 0.4) is 0 Å². The van der Waals surface area contributed by atoms with Crippen molar-refractivity contribution < 1.29 is 18.0 Å². The van der Waals surface area contributed by atoms with Gasteiger partial charge in [-0.1, -0.05) is 64.1 Å². The molecule has 5 nitrogen and oxygen atoms in total. The lowest BCUT2D eigenvalue weighted by atomic mass is 10.1. The molecule has 0 aliphatic carbocycles. The van der Waals surface area contributed by atoms with E-state index in [0.29, 0.717) is 16.7 Å². The smallest absolute Gasteiger partial charge is 0.345 e. The van der Waals surface area contributed by atoms with Crippen LogP contribution in [0.1, 0.15) is 32.9 Å². The number of alkyl halides is 3. The molecule has 0 aliphatic rings. The summed E-state index contributed by atoms with van der Waals surface area (Å²) in [6.45, 7) is 1.86. The van der Waals surface area contributed by atoms with E-state index in [1.807, 2.05) is 60.0 Å². The number of aromatic nitrogens is 3. The SMILES string of the molecule is Cc1cccc(-n2c(CNC(=O)c3ccccc3C(F)(F)F)nnc2SCc2ccc(Br)cc2)c1. The predicted molar refractivity (Wildman–Crippen MR) is 132 cm³/mol. The first-order valence-electron chi connectivity index (χ1n) is 10.6. The first-order valence-corrected chi connectivity index (χ1v) is 12.3. The summed E-state index contributed by atoms with van der Waals surface area (Å²) in [5, 5.41) is 11.7. The van der Waals surface area contributed by atoms with Crippen LogP contribution in [-0.4, -0.2) is 20.7 Å². The van der Waals surface area contributed by atoms with Crippen LogP contribution in [0.5, 0.6) is 0 Å². The highest BCUT2D eigenvalue weighted by Gasteiger charge is 2.34. The van der Waals surface area contributed by atoms with Crippen molar-refractivity contribution in [2.75, 3.05) is 0 Å². The molecule has 0 aliphatic heterocycles. The monoisotopic (exact) mass is 560 g/mol. The summed E-state index contributed by atoms with van der Waals surface area (Å²) >= 11 is 4.90. The molecule has 1 heterocycles. The number of nitrogens with zero attached hydrogens (tertiary/aromatic N) is 3. The highest BCUT2D eigenvalue weighted by molar-refractivity contribution is 9.10. The number of benzene rings is 3. The molecule has 0 spiro atoms. The Hall–Kier alpha value is -3.11. The molecule has 1 aromatic heterocycles. The number of aryl methyl sites for hydroxylation is 1. The van der Waals surface area contributed by atoms with E-state index in [9.17, 15) is 18.0 Å². The summed E-state index contributed by atoms with van der Waals surface area (Å²) in [5.74, 6) is 0.218. The fourth-order valence-electron chi connectivity index (χ4n) is 3.45. The van der Waals surface area contributed by atoms with E-state index in [1.165, 1.54) is 23.9 Å². The van der Waals surface area contributed by atoms with Gasteiger partial charge in [-0.25, -0.2) is 0 Å². The van der Waals surface area contributed by atoms with Gasteiger partial charge in [0.2, 0.25) is 0 Å². The third kappa shape index (κ3) is 6.12. The first-order chi connectivity index (χ1) is 16.7. The minimum absolute atomic E-state index is 0.0924. The molecule has 4 aromatic rings. The number of thioether (sulfide) groups is 1. The van der Waals surface area contributed by atoms with Gasteiger partial charge in [-0.2, -0.15) is 13.2 Å². The summed E-state index contributed by atoms with van der Waals surface area (Å²) in [5.41, 5.74) is 1.49. The second kappa shape index (κ2) is 10.7. The maximum Gasteiger partial charge on any atom is 0.417 e. The van der Waals surface area contributed by atoms with Crippen LogP contribution in [0.15, 0.2) is 82.4 Å². The Labute approximate surface area is 212 Å². The lowest BCUT2D eigenvalue weighted by Gasteiger charge is -2.14. The molecular formula is C25H20BrF3N4OS. The van der Waals surface area contributed by atoms with Crippen LogP contribution in [0.4, 0.5) is 13.2 Å². The molecule has 35 heavy (non-hydrogen) atoms. The van der Waals surface area contributed by atoms with Gasteiger partial charge in [-0.3, -0.25) is 9.36 Å². The van der Waals surface area contributed by atoms with Crippen molar-refractivity contribution in [1.82, 2.24) is 20.1 Å². The van der Waals surface area contributed by atoms with Gasteiger partial charge in [-0.15, -0.1) is 10.2 Å². The molecule has 0 bridgehead atoms. The molecule has 0 saturated carbocycles. The van der Waals surface area contributed by atoms with Gasteiger partial charge in [-0.05, 0) is 54.4 Å². The van der Waals surface area contributed by atoms with E-state index in [4.69, 9.17) is 0 Å². The Kier molecular flexibility index (Phi) is 7.61. The van der Waals surface area contributed by atoms with Crippen molar-refractivity contribution in [2.24, 2.45) is 0 Å². The first kappa shape index (κ1) is 25.0. The minimum Gasteiger partial charge on any atom is -0.345 e. The van der Waals surface area contributed by atoms with Crippen LogP contribution in [0, 0.1) is 6.92 Å². The van der Waals surface area contributed by atoms with Gasteiger partial charge in [0.15, 0.2) is 11.0 Å². The molecule has 0 radical (unpaired) electrons. The van der Waals surface area contributed by atoms with Gasteiger partial charge in [0.05, 0.1) is 17.7 Å². The number of amides is 1. The molecule has 4 rings (SSSR count). The summed E-state index contributed by atoms with van der Waals surface area (Å²) in [7, 11) is 0. The summed E-state index contributed by atoms with van der Waals surface area (Å²) < 4.78 is 42.8. The number of carbonyl (C=O) groups is 1. The Balaban J connectivity index is 1.59. The molecule has 1 N–H and O–H groups in total. The number of carbonyl (C=O) groups excluding carboxylic acids is 1. The van der Waals surface area contributed by atoms with E-state index >= 15 is 0 Å². The van der Waals surface area contributed by atoms with E-state index in [-0.39, 0.29) is 6.54 Å². The molecule has 10 heteroatoms. The van der Waals surface area contributed by atoms with E-state index < -0.39 is 23.2 Å². The maximum atomic E-state index is 13.3. The van der Waals surface area contributed by atoms with Crippen molar-refractivity contribution in [1.29, 1.82) is 0 Å². The van der Waals surface area contributed by atoms with Gasteiger partial charge >= 0.3 is 6.18 Å². The van der Waals surface area contributed by atoms with Crippen molar-refractivity contribution in [3.05, 3.63) is 105 Å². The molecule has 180 valence electrons. The van der Waals surface area contributed by atoms with Gasteiger partial charge < -0.3 is 5.32 Å². The fourth-order valence-corrected chi connectivity index (χ4v) is 4.64. The zero-order valence-corrected chi connectivity index (χ0v) is 20.9. The second-order valence-corrected chi connectivity index (χ2v) is 9.57.